The minimum atomic E-state index is -4.04. The third-order valence-electron chi connectivity index (χ3n) is 11.8. The highest BCUT2D eigenvalue weighted by Crippen LogP contribution is 2.48. The highest BCUT2D eigenvalue weighted by atomic mass is 32.2. The first kappa shape index (κ1) is 45.7. The molecule has 61 heavy (non-hydrogen) atoms. The zero-order valence-corrected chi connectivity index (χ0v) is 38.9. The maximum atomic E-state index is 14.9. The van der Waals surface area contributed by atoms with Gasteiger partial charge in [0.05, 0.1) is 29.6 Å². The van der Waals surface area contributed by atoms with Crippen molar-refractivity contribution in [3.63, 3.8) is 0 Å². The molecule has 2 aromatic heterocycles. The van der Waals surface area contributed by atoms with Gasteiger partial charge in [0.1, 0.15) is 51.0 Å². The maximum Gasteiger partial charge on any atom is 0.408 e. The van der Waals surface area contributed by atoms with Gasteiger partial charge in [-0.25, -0.2) is 23.2 Å². The smallest absolute Gasteiger partial charge is 0.408 e. The molecule has 1 aliphatic heterocycles. The summed E-state index contributed by atoms with van der Waals surface area (Å²) in [5.74, 6) is -1.43. The Labute approximate surface area is 362 Å². The SMILES string of the molecule is C=C[C@@H]1C[C@]1(NC(=O)[C@@H]1C[C@@](C)(Oc2cc(-c3nc(C(C)C)cs3)nc3c(C)c(OC)ccc23)CN1C(=O)[C@@H](NC(=O)OC(C)(C)C)C(C)(C)C)C(=O)NS(=O)(=O)C1(C)CC1. The van der Waals surface area contributed by atoms with Crippen LogP contribution >= 0.6 is 11.3 Å². The second-order valence-electron chi connectivity index (χ2n) is 19.6. The number of nitrogens with one attached hydrogen (secondary N) is 3. The van der Waals surface area contributed by atoms with E-state index in [0.717, 1.165) is 11.3 Å². The Balaban J connectivity index is 1.40. The second kappa shape index (κ2) is 15.9. The van der Waals surface area contributed by atoms with Crippen molar-refractivity contribution in [2.75, 3.05) is 13.7 Å². The number of amides is 4. The van der Waals surface area contributed by atoms with Gasteiger partial charge in [0.2, 0.25) is 21.8 Å². The predicted octanol–water partition coefficient (Wildman–Crippen LogP) is 6.54. The highest BCUT2D eigenvalue weighted by molar-refractivity contribution is 7.91. The fourth-order valence-corrected chi connectivity index (χ4v) is 9.93. The van der Waals surface area contributed by atoms with Gasteiger partial charge in [-0.15, -0.1) is 17.9 Å². The molecule has 0 radical (unpaired) electrons. The summed E-state index contributed by atoms with van der Waals surface area (Å²) in [5, 5.41) is 8.96. The van der Waals surface area contributed by atoms with Crippen LogP contribution in [0.15, 0.2) is 36.2 Å². The van der Waals surface area contributed by atoms with Gasteiger partial charge in [0, 0.05) is 34.7 Å². The molecule has 3 N–H and O–H groups in total. The molecule has 3 aliphatic rings. The predicted molar refractivity (Wildman–Crippen MR) is 234 cm³/mol. The lowest BCUT2D eigenvalue weighted by Gasteiger charge is -2.36. The van der Waals surface area contributed by atoms with Gasteiger partial charge in [-0.2, -0.15) is 0 Å². The van der Waals surface area contributed by atoms with Crippen LogP contribution in [-0.2, 0) is 29.1 Å². The standard InChI is InChI=1S/C44H60N6O9S2/c1-14-26-20-44(26,38(53)49-61(55,56)43(12)17-18-43)48-35(51)30-21-42(11,23-50(30)37(52)34(40(5,6)7)47-39(54)59-41(8,9)10)58-32-19-28(36-46-29(22-60-36)24(2)3)45-33-25(4)31(57-13)16-15-27(32)33/h14-16,19,22,24,26,30,34H,1,17-18,20-21,23H2,2-13H3,(H,47,54)(H,48,51)(H,49,53)/t26-,30+,34-,42-,44-/m1/s1. The lowest BCUT2D eigenvalue weighted by molar-refractivity contribution is -0.143. The van der Waals surface area contributed by atoms with Crippen molar-refractivity contribution >= 4 is 56.1 Å². The van der Waals surface area contributed by atoms with Crippen molar-refractivity contribution in [2.45, 2.75) is 141 Å². The molecule has 4 amide bonds. The number of hydrogen-bond donors (Lipinski definition) is 3. The summed E-state index contributed by atoms with van der Waals surface area (Å²) >= 11 is 1.46. The molecule has 5 atom stereocenters. The normalized spacial score (nSPS) is 23.9. The van der Waals surface area contributed by atoms with Crippen LogP contribution in [0.4, 0.5) is 4.79 Å². The van der Waals surface area contributed by atoms with Crippen molar-refractivity contribution in [3.05, 3.63) is 47.5 Å². The largest absolute Gasteiger partial charge is 0.496 e. The summed E-state index contributed by atoms with van der Waals surface area (Å²) in [4.78, 5) is 68.0. The summed E-state index contributed by atoms with van der Waals surface area (Å²) < 4.78 is 45.7. The van der Waals surface area contributed by atoms with Crippen LogP contribution in [0.25, 0.3) is 21.6 Å². The van der Waals surface area contributed by atoms with E-state index in [0.29, 0.717) is 45.9 Å². The number of fused-ring (bicyclic) bond motifs is 1. The molecule has 332 valence electrons. The number of carbonyl (C=O) groups excluding carboxylic acids is 4. The van der Waals surface area contributed by atoms with E-state index in [1.54, 1.807) is 62.5 Å². The number of likely N-dealkylation sites (tertiary alicyclic amines) is 1. The van der Waals surface area contributed by atoms with E-state index in [9.17, 15) is 27.6 Å². The number of ether oxygens (including phenoxy) is 3. The quantitative estimate of drug-likeness (QED) is 0.158. The Bertz CT molecular complexity index is 2380. The molecular formula is C44H60N6O9S2. The van der Waals surface area contributed by atoms with Crippen molar-refractivity contribution in [1.29, 1.82) is 0 Å². The van der Waals surface area contributed by atoms with Crippen molar-refractivity contribution < 1.29 is 41.8 Å². The van der Waals surface area contributed by atoms with Crippen LogP contribution in [-0.4, -0.2) is 94.3 Å². The number of benzene rings is 1. The zero-order chi connectivity index (χ0) is 45.2. The van der Waals surface area contributed by atoms with Gasteiger partial charge in [-0.3, -0.25) is 19.1 Å². The topological polar surface area (TPSA) is 195 Å². The minimum Gasteiger partial charge on any atom is -0.496 e. The molecule has 17 heteroatoms. The van der Waals surface area contributed by atoms with Gasteiger partial charge >= 0.3 is 6.09 Å². The van der Waals surface area contributed by atoms with Crippen LogP contribution < -0.4 is 24.8 Å². The molecular weight excluding hydrogens is 821 g/mol. The number of carbonyl (C=O) groups is 4. The molecule has 0 spiro atoms. The van der Waals surface area contributed by atoms with Gasteiger partial charge in [0.25, 0.3) is 5.91 Å². The number of rotatable bonds is 13. The number of methoxy groups -OCH3 is 1. The average Bonchev–Trinajstić information content (AvgIpc) is 3.96. The number of nitrogens with zero attached hydrogens (tertiary/aromatic N) is 3. The van der Waals surface area contributed by atoms with E-state index in [1.807, 2.05) is 30.5 Å². The van der Waals surface area contributed by atoms with Crippen LogP contribution in [0.3, 0.4) is 0 Å². The Hall–Kier alpha value is -4.77. The third kappa shape index (κ3) is 9.23. The molecule has 2 aliphatic carbocycles. The first-order valence-electron chi connectivity index (χ1n) is 20.6. The molecule has 2 saturated carbocycles. The number of pyridine rings is 1. The molecule has 3 heterocycles. The molecule has 3 fully saturated rings. The number of thiazole rings is 1. The zero-order valence-electron chi connectivity index (χ0n) is 37.3. The Morgan fingerprint density at radius 1 is 1.03 bits per heavy atom. The molecule has 15 nitrogen and oxygen atoms in total. The first-order chi connectivity index (χ1) is 28.2. The van der Waals surface area contributed by atoms with E-state index < -0.39 is 78.7 Å². The molecule has 1 saturated heterocycles. The van der Waals surface area contributed by atoms with Crippen molar-refractivity contribution in [2.24, 2.45) is 11.3 Å². The molecule has 3 aromatic rings. The lowest BCUT2D eigenvalue weighted by Crippen LogP contribution is -2.60. The van der Waals surface area contributed by atoms with E-state index >= 15 is 0 Å². The minimum absolute atomic E-state index is 0.0380. The Kier molecular flexibility index (Phi) is 11.9. The summed E-state index contributed by atoms with van der Waals surface area (Å²) in [6, 6.07) is 3.10. The second-order valence-corrected chi connectivity index (χ2v) is 22.7. The van der Waals surface area contributed by atoms with Crippen LogP contribution in [0, 0.1) is 18.3 Å². The van der Waals surface area contributed by atoms with Crippen molar-refractivity contribution in [1.82, 2.24) is 30.2 Å². The van der Waals surface area contributed by atoms with Gasteiger partial charge < -0.3 is 29.7 Å². The average molecular weight is 881 g/mol. The number of alkyl carbamates (subject to hydrolysis) is 1. The van der Waals surface area contributed by atoms with E-state index in [2.05, 4.69) is 35.8 Å². The van der Waals surface area contributed by atoms with Crippen LogP contribution in [0.1, 0.15) is 112 Å². The van der Waals surface area contributed by atoms with Gasteiger partial charge in [-0.1, -0.05) is 40.7 Å². The number of hydrogen-bond acceptors (Lipinski definition) is 12. The van der Waals surface area contributed by atoms with Crippen LogP contribution in [0.2, 0.25) is 0 Å². The summed E-state index contributed by atoms with van der Waals surface area (Å²) in [6.45, 7) is 23.6. The summed E-state index contributed by atoms with van der Waals surface area (Å²) in [5.41, 5.74) is -1.65. The lowest BCUT2D eigenvalue weighted by atomic mass is 9.85. The van der Waals surface area contributed by atoms with Crippen molar-refractivity contribution in [3.8, 4) is 22.2 Å². The summed E-state index contributed by atoms with van der Waals surface area (Å²) in [6.07, 6.45) is 1.60. The Morgan fingerprint density at radius 2 is 1.70 bits per heavy atom. The van der Waals surface area contributed by atoms with Gasteiger partial charge in [-0.05, 0) is 84.3 Å². The number of sulfonamides is 1. The highest BCUT2D eigenvalue weighted by Gasteiger charge is 2.63. The third-order valence-corrected chi connectivity index (χ3v) is 14.8. The monoisotopic (exact) mass is 880 g/mol. The molecule has 6 rings (SSSR count). The fraction of sp³-hybridized carbons (Fsp3) is 0.591. The number of aryl methyl sites for hydroxylation is 1. The van der Waals surface area contributed by atoms with E-state index in [4.69, 9.17) is 24.2 Å². The molecule has 0 bridgehead atoms. The van der Waals surface area contributed by atoms with E-state index in [1.165, 1.54) is 22.3 Å². The summed E-state index contributed by atoms with van der Waals surface area (Å²) in [7, 11) is -2.45. The fourth-order valence-electron chi connectivity index (χ4n) is 7.68. The Morgan fingerprint density at radius 3 is 2.25 bits per heavy atom. The van der Waals surface area contributed by atoms with Crippen LogP contribution in [0.5, 0.6) is 11.5 Å². The first-order valence-corrected chi connectivity index (χ1v) is 23.0. The molecule has 1 aromatic carbocycles. The maximum absolute atomic E-state index is 14.9. The van der Waals surface area contributed by atoms with E-state index in [-0.39, 0.29) is 25.3 Å². The van der Waals surface area contributed by atoms with Gasteiger partial charge in [0.15, 0.2) is 0 Å². The molecule has 0 unspecified atom stereocenters. The number of aromatic nitrogens is 2.